The van der Waals surface area contributed by atoms with Crippen molar-refractivity contribution in [3.8, 4) is 0 Å². The Morgan fingerprint density at radius 3 is 2.80 bits per heavy atom. The standard InChI is InChI=1S/C13H14FN3O3/c1-16-2-3-17(6-11(16)18)10-5-9-7(4-8(10)14)12(19)13(20)15-9/h4-5,12,19H,2-3,6H2,1H3,(H,15,20). The van der Waals surface area contributed by atoms with Gasteiger partial charge in [0.1, 0.15) is 5.82 Å². The molecule has 2 aliphatic heterocycles. The molecule has 3 rings (SSSR count). The molecule has 0 saturated carbocycles. The van der Waals surface area contributed by atoms with E-state index >= 15 is 0 Å². The van der Waals surface area contributed by atoms with Gasteiger partial charge < -0.3 is 20.2 Å². The van der Waals surface area contributed by atoms with Crippen molar-refractivity contribution >= 4 is 23.2 Å². The van der Waals surface area contributed by atoms with Gasteiger partial charge in [0, 0.05) is 31.4 Å². The highest BCUT2D eigenvalue weighted by atomic mass is 19.1. The number of halogens is 1. The molecule has 2 amide bonds. The third-order valence-corrected chi connectivity index (χ3v) is 3.72. The molecule has 7 heteroatoms. The number of benzene rings is 1. The molecule has 20 heavy (non-hydrogen) atoms. The summed E-state index contributed by atoms with van der Waals surface area (Å²) >= 11 is 0. The van der Waals surface area contributed by atoms with Crippen LogP contribution in [0.5, 0.6) is 0 Å². The smallest absolute Gasteiger partial charge is 0.257 e. The zero-order valence-electron chi connectivity index (χ0n) is 10.9. The average Bonchev–Trinajstić information content (AvgIpc) is 2.68. The molecule has 1 fully saturated rings. The molecule has 2 aliphatic rings. The number of amides is 2. The zero-order valence-corrected chi connectivity index (χ0v) is 10.9. The summed E-state index contributed by atoms with van der Waals surface area (Å²) in [5.74, 6) is -1.19. The minimum absolute atomic E-state index is 0.0831. The monoisotopic (exact) mass is 279 g/mol. The number of hydrogen-bond donors (Lipinski definition) is 2. The summed E-state index contributed by atoms with van der Waals surface area (Å²) in [5, 5.41) is 12.1. The molecule has 1 unspecified atom stereocenters. The number of carbonyl (C=O) groups excluding carboxylic acids is 2. The van der Waals surface area contributed by atoms with Gasteiger partial charge >= 0.3 is 0 Å². The summed E-state index contributed by atoms with van der Waals surface area (Å²) in [6, 6.07) is 2.62. The van der Waals surface area contributed by atoms with Crippen LogP contribution in [0.4, 0.5) is 15.8 Å². The van der Waals surface area contributed by atoms with E-state index in [9.17, 15) is 19.1 Å². The van der Waals surface area contributed by atoms with Crippen LogP contribution < -0.4 is 10.2 Å². The van der Waals surface area contributed by atoms with Crippen LogP contribution in [-0.4, -0.2) is 48.5 Å². The highest BCUT2D eigenvalue weighted by Gasteiger charge is 2.31. The number of anilines is 2. The molecule has 0 aromatic heterocycles. The van der Waals surface area contributed by atoms with Gasteiger partial charge in [-0.15, -0.1) is 0 Å². The van der Waals surface area contributed by atoms with Crippen molar-refractivity contribution in [1.82, 2.24) is 4.90 Å². The van der Waals surface area contributed by atoms with E-state index in [0.717, 1.165) is 6.07 Å². The lowest BCUT2D eigenvalue weighted by molar-refractivity contribution is -0.129. The number of hydrogen-bond acceptors (Lipinski definition) is 4. The first kappa shape index (κ1) is 12.9. The Labute approximate surface area is 114 Å². The molecular weight excluding hydrogens is 265 g/mol. The van der Waals surface area contributed by atoms with Crippen molar-refractivity contribution in [3.63, 3.8) is 0 Å². The van der Waals surface area contributed by atoms with Crippen LogP contribution >= 0.6 is 0 Å². The molecule has 106 valence electrons. The Bertz CT molecular complexity index is 605. The quantitative estimate of drug-likeness (QED) is 0.764. The van der Waals surface area contributed by atoms with Crippen LogP contribution in [0.2, 0.25) is 0 Å². The summed E-state index contributed by atoms with van der Waals surface area (Å²) in [6.45, 7) is 1.14. The SMILES string of the molecule is CN1CCN(c2cc3c(cc2F)C(O)C(=O)N3)CC1=O. The van der Waals surface area contributed by atoms with E-state index in [2.05, 4.69) is 5.32 Å². The lowest BCUT2D eigenvalue weighted by Gasteiger charge is -2.33. The van der Waals surface area contributed by atoms with E-state index in [1.54, 1.807) is 16.8 Å². The fourth-order valence-electron chi connectivity index (χ4n) is 2.46. The van der Waals surface area contributed by atoms with E-state index in [-0.39, 0.29) is 23.7 Å². The number of rotatable bonds is 1. The average molecular weight is 279 g/mol. The Kier molecular flexibility index (Phi) is 2.86. The predicted molar refractivity (Wildman–Crippen MR) is 69.8 cm³/mol. The summed E-state index contributed by atoms with van der Waals surface area (Å²) in [4.78, 5) is 26.3. The molecule has 0 spiro atoms. The van der Waals surface area contributed by atoms with E-state index in [4.69, 9.17) is 0 Å². The van der Waals surface area contributed by atoms with Crippen LogP contribution in [0.1, 0.15) is 11.7 Å². The van der Waals surface area contributed by atoms with Crippen LogP contribution in [-0.2, 0) is 9.59 Å². The number of aliphatic hydroxyl groups excluding tert-OH is 1. The van der Waals surface area contributed by atoms with Gasteiger partial charge in [0.05, 0.1) is 12.2 Å². The minimum Gasteiger partial charge on any atom is -0.378 e. The van der Waals surface area contributed by atoms with Crippen molar-refractivity contribution in [2.45, 2.75) is 6.10 Å². The molecule has 0 aliphatic carbocycles. The molecule has 0 bridgehead atoms. The Balaban J connectivity index is 1.94. The molecule has 1 aromatic rings. The van der Waals surface area contributed by atoms with Gasteiger partial charge in [-0.05, 0) is 12.1 Å². The summed E-state index contributed by atoms with van der Waals surface area (Å²) < 4.78 is 14.1. The number of likely N-dealkylation sites (N-methyl/N-ethyl adjacent to an activating group) is 1. The van der Waals surface area contributed by atoms with Gasteiger partial charge in [0.25, 0.3) is 5.91 Å². The largest absolute Gasteiger partial charge is 0.378 e. The van der Waals surface area contributed by atoms with Crippen molar-refractivity contribution in [2.24, 2.45) is 0 Å². The van der Waals surface area contributed by atoms with Gasteiger partial charge in [-0.2, -0.15) is 0 Å². The van der Waals surface area contributed by atoms with E-state index in [1.165, 1.54) is 6.07 Å². The summed E-state index contributed by atoms with van der Waals surface area (Å²) in [7, 11) is 1.70. The highest BCUT2D eigenvalue weighted by molar-refractivity contribution is 6.02. The molecular formula is C13H14FN3O3. The zero-order chi connectivity index (χ0) is 14.4. The fourth-order valence-corrected chi connectivity index (χ4v) is 2.46. The van der Waals surface area contributed by atoms with Crippen molar-refractivity contribution in [2.75, 3.05) is 36.9 Å². The lowest BCUT2D eigenvalue weighted by atomic mass is 10.1. The molecule has 2 heterocycles. The van der Waals surface area contributed by atoms with Gasteiger partial charge in [0.2, 0.25) is 5.91 Å². The molecule has 0 radical (unpaired) electrons. The summed E-state index contributed by atoms with van der Waals surface area (Å²) in [6.07, 6.45) is -1.33. The maximum atomic E-state index is 14.1. The molecule has 1 saturated heterocycles. The van der Waals surface area contributed by atoms with Gasteiger partial charge in [0.15, 0.2) is 6.10 Å². The molecule has 1 atom stereocenters. The lowest BCUT2D eigenvalue weighted by Crippen LogP contribution is -2.48. The topological polar surface area (TPSA) is 72.9 Å². The van der Waals surface area contributed by atoms with Gasteiger partial charge in [-0.3, -0.25) is 9.59 Å². The van der Waals surface area contributed by atoms with E-state index < -0.39 is 17.8 Å². The van der Waals surface area contributed by atoms with E-state index in [0.29, 0.717) is 18.8 Å². The maximum Gasteiger partial charge on any atom is 0.257 e. The van der Waals surface area contributed by atoms with Gasteiger partial charge in [-0.1, -0.05) is 0 Å². The Morgan fingerprint density at radius 1 is 1.35 bits per heavy atom. The van der Waals surface area contributed by atoms with Crippen LogP contribution in [0.3, 0.4) is 0 Å². The fraction of sp³-hybridized carbons (Fsp3) is 0.385. The number of nitrogens with zero attached hydrogens (tertiary/aromatic N) is 2. The minimum atomic E-state index is -1.33. The number of nitrogens with one attached hydrogen (secondary N) is 1. The summed E-state index contributed by atoms with van der Waals surface area (Å²) in [5.41, 5.74) is 0.890. The number of aliphatic hydroxyl groups is 1. The van der Waals surface area contributed by atoms with Crippen molar-refractivity contribution < 1.29 is 19.1 Å². The molecule has 1 aromatic carbocycles. The normalized spacial score (nSPS) is 22.1. The second kappa shape index (κ2) is 4.45. The third-order valence-electron chi connectivity index (χ3n) is 3.72. The predicted octanol–water partition coefficient (Wildman–Crippen LogP) is 0.0896. The molecule has 6 nitrogen and oxygen atoms in total. The van der Waals surface area contributed by atoms with Crippen LogP contribution in [0.15, 0.2) is 12.1 Å². The van der Waals surface area contributed by atoms with Gasteiger partial charge in [-0.25, -0.2) is 4.39 Å². The first-order valence-electron chi connectivity index (χ1n) is 6.28. The van der Waals surface area contributed by atoms with Crippen molar-refractivity contribution in [1.29, 1.82) is 0 Å². The second-order valence-electron chi connectivity index (χ2n) is 5.02. The number of fused-ring (bicyclic) bond motifs is 1. The number of piperazine rings is 1. The van der Waals surface area contributed by atoms with Crippen molar-refractivity contribution in [3.05, 3.63) is 23.5 Å². The second-order valence-corrected chi connectivity index (χ2v) is 5.02. The maximum absolute atomic E-state index is 14.1. The Morgan fingerprint density at radius 2 is 2.10 bits per heavy atom. The third kappa shape index (κ3) is 1.90. The van der Waals surface area contributed by atoms with Crippen LogP contribution in [0.25, 0.3) is 0 Å². The first-order chi connectivity index (χ1) is 9.47. The molecule has 2 N–H and O–H groups in total. The Hall–Kier alpha value is -2.15. The first-order valence-corrected chi connectivity index (χ1v) is 6.28. The van der Waals surface area contributed by atoms with E-state index in [1.807, 2.05) is 0 Å². The number of carbonyl (C=O) groups is 2. The highest BCUT2D eigenvalue weighted by Crippen LogP contribution is 2.36. The van der Waals surface area contributed by atoms with Crippen LogP contribution in [0, 0.1) is 5.82 Å².